The number of anilines is 1. The number of hydrogen-bond donors (Lipinski definition) is 4. The van der Waals surface area contributed by atoms with Crippen molar-refractivity contribution in [1.29, 1.82) is 0 Å². The Morgan fingerprint density at radius 2 is 1.88 bits per heavy atom. The molecule has 4 aromatic rings. The fourth-order valence-electron chi connectivity index (χ4n) is 4.42. The number of alkyl halides is 3. The number of amides is 2. The first kappa shape index (κ1) is 29.8. The van der Waals surface area contributed by atoms with Crippen LogP contribution < -0.4 is 21.5 Å². The van der Waals surface area contributed by atoms with E-state index in [2.05, 4.69) is 9.97 Å². The van der Waals surface area contributed by atoms with Gasteiger partial charge in [0.05, 0.1) is 27.0 Å². The van der Waals surface area contributed by atoms with Gasteiger partial charge in [0.15, 0.2) is 10.9 Å². The molecule has 2 aromatic carbocycles. The van der Waals surface area contributed by atoms with E-state index in [1.54, 1.807) is 0 Å². The first-order valence-corrected chi connectivity index (χ1v) is 13.5. The van der Waals surface area contributed by atoms with Crippen LogP contribution in [0.5, 0.6) is 5.75 Å². The average molecular weight is 644 g/mol. The lowest BCUT2D eigenvalue weighted by Gasteiger charge is -2.31. The van der Waals surface area contributed by atoms with Gasteiger partial charge in [0.25, 0.3) is 5.91 Å². The zero-order valence-electron chi connectivity index (χ0n) is 21.3. The van der Waals surface area contributed by atoms with E-state index < -0.39 is 47.1 Å². The number of fused-ring (bicyclic) bond motifs is 2. The highest BCUT2D eigenvalue weighted by molar-refractivity contribution is 7.22. The summed E-state index contributed by atoms with van der Waals surface area (Å²) in [4.78, 5) is 33.1. The van der Waals surface area contributed by atoms with Crippen molar-refractivity contribution in [1.82, 2.24) is 15.3 Å². The third kappa shape index (κ3) is 4.87. The molecule has 0 bridgehead atoms. The number of pyridine rings is 1. The van der Waals surface area contributed by atoms with E-state index in [4.69, 9.17) is 39.4 Å². The first-order valence-electron chi connectivity index (χ1n) is 11.9. The zero-order valence-corrected chi connectivity index (χ0v) is 23.6. The van der Waals surface area contributed by atoms with Gasteiger partial charge in [0.1, 0.15) is 29.0 Å². The Kier molecular flexibility index (Phi) is 7.24. The van der Waals surface area contributed by atoms with Crippen molar-refractivity contribution in [3.05, 3.63) is 69.1 Å². The molecular formula is C26H19Cl2F4N5O4S. The Morgan fingerprint density at radius 1 is 1.17 bits per heavy atom. The number of nitrogens with zero attached hydrogens (tertiary/aromatic N) is 2. The Labute approximate surface area is 248 Å². The largest absolute Gasteiger partial charge is 0.489 e. The maximum absolute atomic E-state index is 14.6. The summed E-state index contributed by atoms with van der Waals surface area (Å²) in [5.74, 6) is -2.97. The summed E-state index contributed by atoms with van der Waals surface area (Å²) < 4.78 is 64.1. The highest BCUT2D eigenvalue weighted by Gasteiger charge is 2.57. The second kappa shape index (κ2) is 10.2. The summed E-state index contributed by atoms with van der Waals surface area (Å²) in [5.41, 5.74) is 4.30. The Balaban J connectivity index is 1.61. The van der Waals surface area contributed by atoms with Crippen LogP contribution >= 0.6 is 34.5 Å². The number of nitrogens with two attached hydrogens (primary N) is 2. The molecule has 2 atom stereocenters. The summed E-state index contributed by atoms with van der Waals surface area (Å²) in [5, 5.41) is 13.4. The molecule has 42 heavy (non-hydrogen) atoms. The van der Waals surface area contributed by atoms with Crippen molar-refractivity contribution < 1.29 is 37.0 Å². The number of carbonyl (C=O) groups is 2. The number of halogens is 6. The summed E-state index contributed by atoms with van der Waals surface area (Å²) >= 11 is 13.0. The van der Waals surface area contributed by atoms with Gasteiger partial charge in [-0.3, -0.25) is 9.59 Å². The topological polar surface area (TPSA) is 153 Å². The van der Waals surface area contributed by atoms with Gasteiger partial charge in [-0.1, -0.05) is 40.6 Å². The first-order chi connectivity index (χ1) is 19.5. The number of thiazole rings is 1. The van der Waals surface area contributed by atoms with Crippen molar-refractivity contribution in [2.45, 2.75) is 24.1 Å². The quantitative estimate of drug-likeness (QED) is 0.222. The molecule has 1 unspecified atom stereocenters. The number of nitrogens with one attached hydrogen (secondary N) is 1. The van der Waals surface area contributed by atoms with E-state index >= 15 is 0 Å². The Hall–Kier alpha value is -3.72. The Bertz CT molecular complexity index is 1790. The fourth-order valence-corrected chi connectivity index (χ4v) is 5.51. The van der Waals surface area contributed by atoms with E-state index in [1.165, 1.54) is 31.2 Å². The standard InChI is InChI=1S/C26H19Cl2F4N5O4S/c1-24(22(33)39)9-41-20-12(24)7-17(36-18(20)10-2-3-13(27)14(28)4-10)25(40,26(30,31)32)8-35-21(38)11-5-15(29)19-16(6-11)42-23(34)37-19/h2-7,40H,8-9H2,1H3,(H2,33,39)(H2,34,37)(H,35,38)/t24-,25?/m0/s1. The molecule has 0 radical (unpaired) electrons. The second-order valence-corrected chi connectivity index (χ2v) is 11.6. The monoisotopic (exact) mass is 643 g/mol. The lowest BCUT2D eigenvalue weighted by molar-refractivity contribution is -0.265. The number of benzene rings is 2. The molecule has 6 N–H and O–H groups in total. The van der Waals surface area contributed by atoms with Gasteiger partial charge in [-0.25, -0.2) is 14.4 Å². The molecule has 2 amide bonds. The van der Waals surface area contributed by atoms with Crippen LogP contribution in [0.2, 0.25) is 10.0 Å². The molecule has 1 aliphatic rings. The number of ether oxygens (including phenoxy) is 1. The van der Waals surface area contributed by atoms with Crippen LogP contribution in [0.1, 0.15) is 28.5 Å². The second-order valence-electron chi connectivity index (χ2n) is 9.74. The van der Waals surface area contributed by atoms with Crippen LogP contribution in [0, 0.1) is 5.82 Å². The smallest absolute Gasteiger partial charge is 0.424 e. The summed E-state index contributed by atoms with van der Waals surface area (Å²) in [6, 6.07) is 6.97. The van der Waals surface area contributed by atoms with Gasteiger partial charge >= 0.3 is 6.18 Å². The van der Waals surface area contributed by atoms with Crippen molar-refractivity contribution in [2.24, 2.45) is 5.73 Å². The molecule has 9 nitrogen and oxygen atoms in total. The zero-order chi connectivity index (χ0) is 30.8. The number of nitrogen functional groups attached to an aromatic ring is 1. The number of primary amides is 1. The van der Waals surface area contributed by atoms with E-state index in [-0.39, 0.29) is 60.1 Å². The molecular weight excluding hydrogens is 625 g/mol. The lowest BCUT2D eigenvalue weighted by Crippen LogP contribution is -2.51. The van der Waals surface area contributed by atoms with E-state index in [0.29, 0.717) is 0 Å². The molecule has 0 saturated carbocycles. The summed E-state index contributed by atoms with van der Waals surface area (Å²) in [6.07, 6.45) is -5.40. The van der Waals surface area contributed by atoms with Crippen LogP contribution in [0.25, 0.3) is 21.5 Å². The van der Waals surface area contributed by atoms with Gasteiger partial charge in [-0.05, 0) is 37.3 Å². The Morgan fingerprint density at radius 3 is 2.52 bits per heavy atom. The fraction of sp³-hybridized carbons (Fsp3) is 0.231. The average Bonchev–Trinajstić information content (AvgIpc) is 3.47. The van der Waals surface area contributed by atoms with Crippen LogP contribution in [0.4, 0.5) is 22.7 Å². The molecule has 2 aromatic heterocycles. The molecule has 1 aliphatic heterocycles. The van der Waals surface area contributed by atoms with Gasteiger partial charge in [-0.15, -0.1) is 0 Å². The maximum Gasteiger partial charge on any atom is 0.424 e. The van der Waals surface area contributed by atoms with Gasteiger partial charge < -0.3 is 26.6 Å². The maximum atomic E-state index is 14.6. The van der Waals surface area contributed by atoms with Crippen molar-refractivity contribution >= 4 is 61.7 Å². The molecule has 220 valence electrons. The normalized spacial score (nSPS) is 17.9. The molecule has 3 heterocycles. The molecule has 0 saturated heterocycles. The van der Waals surface area contributed by atoms with Crippen molar-refractivity contribution in [3.63, 3.8) is 0 Å². The lowest BCUT2D eigenvalue weighted by atomic mass is 9.81. The van der Waals surface area contributed by atoms with E-state index in [1.807, 2.05) is 5.32 Å². The molecule has 0 spiro atoms. The minimum Gasteiger partial charge on any atom is -0.489 e. The summed E-state index contributed by atoms with van der Waals surface area (Å²) in [7, 11) is 0. The van der Waals surface area contributed by atoms with Crippen LogP contribution in [0.3, 0.4) is 0 Å². The van der Waals surface area contributed by atoms with Gasteiger partial charge in [-0.2, -0.15) is 13.2 Å². The van der Waals surface area contributed by atoms with E-state index in [0.717, 1.165) is 23.5 Å². The number of aromatic nitrogens is 2. The van der Waals surface area contributed by atoms with Crippen molar-refractivity contribution in [3.8, 4) is 17.0 Å². The third-order valence-corrected chi connectivity index (χ3v) is 8.50. The molecule has 0 aliphatic carbocycles. The van der Waals surface area contributed by atoms with Crippen molar-refractivity contribution in [2.75, 3.05) is 18.9 Å². The summed E-state index contributed by atoms with van der Waals surface area (Å²) in [6.45, 7) is -0.371. The van der Waals surface area contributed by atoms with Crippen LogP contribution in [0.15, 0.2) is 36.4 Å². The predicted molar refractivity (Wildman–Crippen MR) is 148 cm³/mol. The highest BCUT2D eigenvalue weighted by atomic mass is 35.5. The number of hydrogen-bond acceptors (Lipinski definition) is 8. The minimum atomic E-state index is -5.40. The third-order valence-electron chi connectivity index (χ3n) is 6.93. The van der Waals surface area contributed by atoms with Crippen LogP contribution in [-0.4, -0.2) is 46.2 Å². The van der Waals surface area contributed by atoms with Gasteiger partial charge in [0, 0.05) is 16.7 Å². The number of aliphatic hydroxyl groups is 1. The van der Waals surface area contributed by atoms with E-state index in [9.17, 15) is 32.3 Å². The number of carbonyl (C=O) groups excluding carboxylic acids is 2. The predicted octanol–water partition coefficient (Wildman–Crippen LogP) is 4.70. The minimum absolute atomic E-state index is 0.0281. The molecule has 0 fully saturated rings. The number of rotatable bonds is 6. The highest BCUT2D eigenvalue weighted by Crippen LogP contribution is 2.48. The van der Waals surface area contributed by atoms with Gasteiger partial charge in [0.2, 0.25) is 11.5 Å². The van der Waals surface area contributed by atoms with Crippen LogP contribution in [-0.2, 0) is 15.8 Å². The molecule has 5 rings (SSSR count). The molecule has 16 heteroatoms. The SMILES string of the molecule is C[C@]1(C(N)=O)COc2c1cc(C(O)(CNC(=O)c1cc(F)c3nc(N)sc3c1)C(F)(F)F)nc2-c1ccc(Cl)c(Cl)c1.